The van der Waals surface area contributed by atoms with Crippen molar-refractivity contribution in [1.82, 2.24) is 0 Å². The minimum absolute atomic E-state index is 0.201. The first-order valence-electron chi connectivity index (χ1n) is 6.08. The van der Waals surface area contributed by atoms with Crippen LogP contribution in [0.25, 0.3) is 0 Å². The second kappa shape index (κ2) is 5.94. The van der Waals surface area contributed by atoms with Crippen molar-refractivity contribution >= 4 is 11.6 Å². The Balaban J connectivity index is 2.17. The van der Waals surface area contributed by atoms with E-state index in [-0.39, 0.29) is 12.2 Å². The molecule has 20 heavy (non-hydrogen) atoms. The summed E-state index contributed by atoms with van der Waals surface area (Å²) in [5.41, 5.74) is 2.76. The van der Waals surface area contributed by atoms with Gasteiger partial charge in [0.2, 0.25) is 0 Å². The molecule has 0 heterocycles. The third-order valence-corrected chi connectivity index (χ3v) is 3.50. The van der Waals surface area contributed by atoms with E-state index in [9.17, 15) is 4.39 Å². The number of aryl methyl sites for hydroxylation is 2. The second-order valence-electron chi connectivity index (χ2n) is 4.62. The Labute approximate surface area is 122 Å². The first-order valence-corrected chi connectivity index (χ1v) is 6.46. The van der Waals surface area contributed by atoms with Gasteiger partial charge >= 0.3 is 0 Å². The monoisotopic (exact) mass is 289 g/mol. The van der Waals surface area contributed by atoms with Gasteiger partial charge in [-0.1, -0.05) is 11.6 Å². The number of halogens is 2. The van der Waals surface area contributed by atoms with Crippen molar-refractivity contribution in [2.24, 2.45) is 0 Å². The Bertz CT molecular complexity index is 668. The zero-order valence-electron chi connectivity index (χ0n) is 11.2. The van der Waals surface area contributed by atoms with Gasteiger partial charge in [-0.05, 0) is 60.9 Å². The Morgan fingerprint density at radius 1 is 1.15 bits per heavy atom. The maximum Gasteiger partial charge on any atom is 0.124 e. The summed E-state index contributed by atoms with van der Waals surface area (Å²) in [6.07, 6.45) is 0. The molecular weight excluding hydrogens is 277 g/mol. The summed E-state index contributed by atoms with van der Waals surface area (Å²) < 4.78 is 18.9. The van der Waals surface area contributed by atoms with E-state index in [0.29, 0.717) is 11.3 Å². The third-order valence-electron chi connectivity index (χ3n) is 2.90. The lowest BCUT2D eigenvalue weighted by Gasteiger charge is -2.10. The molecule has 0 bridgehead atoms. The van der Waals surface area contributed by atoms with Crippen LogP contribution in [-0.4, -0.2) is 0 Å². The Morgan fingerprint density at radius 3 is 2.40 bits per heavy atom. The van der Waals surface area contributed by atoms with Gasteiger partial charge in [0.05, 0.1) is 11.6 Å². The van der Waals surface area contributed by atoms with E-state index >= 15 is 0 Å². The van der Waals surface area contributed by atoms with E-state index in [4.69, 9.17) is 21.6 Å². The number of hydrogen-bond acceptors (Lipinski definition) is 2. The Kier molecular flexibility index (Phi) is 4.26. The van der Waals surface area contributed by atoms with E-state index in [0.717, 1.165) is 16.1 Å². The molecular formula is C16H13ClFNO. The number of nitriles is 1. The number of hydrogen-bond donors (Lipinski definition) is 0. The van der Waals surface area contributed by atoms with Crippen LogP contribution >= 0.6 is 11.6 Å². The molecule has 2 aromatic carbocycles. The molecule has 0 radical (unpaired) electrons. The lowest BCUT2D eigenvalue weighted by atomic mass is 10.1. The maximum atomic E-state index is 13.3. The average molecular weight is 290 g/mol. The first-order chi connectivity index (χ1) is 9.49. The van der Waals surface area contributed by atoms with Crippen molar-refractivity contribution in [2.75, 3.05) is 0 Å². The Morgan fingerprint density at radius 2 is 1.80 bits per heavy atom. The molecule has 0 aliphatic heterocycles. The summed E-state index contributed by atoms with van der Waals surface area (Å²) in [5.74, 6) is 0.235. The smallest absolute Gasteiger partial charge is 0.124 e. The van der Waals surface area contributed by atoms with Crippen LogP contribution in [0.1, 0.15) is 22.3 Å². The van der Waals surface area contributed by atoms with Crippen molar-refractivity contribution in [3.8, 4) is 11.8 Å². The molecule has 0 aliphatic rings. The summed E-state index contributed by atoms with van der Waals surface area (Å²) in [5, 5.41) is 9.52. The minimum atomic E-state index is -0.439. The molecule has 0 atom stereocenters. The molecule has 0 N–H and O–H groups in total. The molecule has 102 valence electrons. The van der Waals surface area contributed by atoms with Gasteiger partial charge in [0.25, 0.3) is 0 Å². The molecule has 0 aromatic heterocycles. The van der Waals surface area contributed by atoms with Gasteiger partial charge in [-0.2, -0.15) is 5.26 Å². The fourth-order valence-electron chi connectivity index (χ4n) is 1.95. The summed E-state index contributed by atoms with van der Waals surface area (Å²) in [6, 6.07) is 9.75. The molecule has 0 amide bonds. The summed E-state index contributed by atoms with van der Waals surface area (Å²) in [7, 11) is 0. The predicted octanol–water partition coefficient (Wildman–Crippen LogP) is 4.55. The summed E-state index contributed by atoms with van der Waals surface area (Å²) in [4.78, 5) is 0. The van der Waals surface area contributed by atoms with Gasteiger partial charge in [0.1, 0.15) is 18.2 Å². The molecule has 0 spiro atoms. The van der Waals surface area contributed by atoms with Gasteiger partial charge < -0.3 is 4.74 Å². The van der Waals surface area contributed by atoms with E-state index in [1.54, 1.807) is 6.07 Å². The van der Waals surface area contributed by atoms with E-state index in [1.165, 1.54) is 12.1 Å². The molecule has 2 nitrogen and oxygen atoms in total. The van der Waals surface area contributed by atoms with Crippen LogP contribution in [0, 0.1) is 31.0 Å². The number of benzene rings is 2. The van der Waals surface area contributed by atoms with Crippen molar-refractivity contribution in [2.45, 2.75) is 20.5 Å². The lowest BCUT2D eigenvalue weighted by Crippen LogP contribution is -1.98. The van der Waals surface area contributed by atoms with Gasteiger partial charge in [0, 0.05) is 5.02 Å². The lowest BCUT2D eigenvalue weighted by molar-refractivity contribution is 0.305. The normalized spacial score (nSPS) is 10.2. The second-order valence-corrected chi connectivity index (χ2v) is 5.00. The average Bonchev–Trinajstić information content (AvgIpc) is 2.41. The molecule has 4 heteroatoms. The van der Waals surface area contributed by atoms with Crippen LogP contribution < -0.4 is 4.74 Å². The standard InChI is InChI=1S/C16H13ClFNO/c1-10-3-15(4-11(2)16(10)17)20-9-13-5-12(8-19)6-14(18)7-13/h3-7H,9H2,1-2H3. The zero-order chi connectivity index (χ0) is 14.7. The highest BCUT2D eigenvalue weighted by Gasteiger charge is 2.05. The van der Waals surface area contributed by atoms with E-state index < -0.39 is 5.82 Å². The fourth-order valence-corrected chi connectivity index (χ4v) is 2.06. The third kappa shape index (κ3) is 3.28. The number of rotatable bonds is 3. The van der Waals surface area contributed by atoms with Gasteiger partial charge in [-0.3, -0.25) is 0 Å². The SMILES string of the molecule is Cc1cc(OCc2cc(F)cc(C#N)c2)cc(C)c1Cl. The molecule has 2 rings (SSSR count). The van der Waals surface area contributed by atoms with Crippen molar-refractivity contribution in [3.63, 3.8) is 0 Å². The van der Waals surface area contributed by atoms with Crippen molar-refractivity contribution in [3.05, 3.63) is 63.4 Å². The highest BCUT2D eigenvalue weighted by molar-refractivity contribution is 6.32. The molecule has 0 aliphatic carbocycles. The highest BCUT2D eigenvalue weighted by atomic mass is 35.5. The quantitative estimate of drug-likeness (QED) is 0.830. The maximum absolute atomic E-state index is 13.3. The minimum Gasteiger partial charge on any atom is -0.489 e. The first kappa shape index (κ1) is 14.4. The van der Waals surface area contributed by atoms with Crippen molar-refractivity contribution in [1.29, 1.82) is 5.26 Å². The van der Waals surface area contributed by atoms with Crippen LogP contribution in [0.4, 0.5) is 4.39 Å². The van der Waals surface area contributed by atoms with Gasteiger partial charge in [-0.15, -0.1) is 0 Å². The summed E-state index contributed by atoms with van der Waals surface area (Å²) >= 11 is 6.09. The molecule has 2 aromatic rings. The van der Waals surface area contributed by atoms with Crippen LogP contribution in [0.3, 0.4) is 0 Å². The van der Waals surface area contributed by atoms with Crippen LogP contribution in [-0.2, 0) is 6.61 Å². The molecule has 0 saturated heterocycles. The number of ether oxygens (including phenoxy) is 1. The largest absolute Gasteiger partial charge is 0.489 e. The Hall–Kier alpha value is -2.05. The zero-order valence-corrected chi connectivity index (χ0v) is 12.0. The fraction of sp³-hybridized carbons (Fsp3) is 0.188. The van der Waals surface area contributed by atoms with Crippen LogP contribution in [0.2, 0.25) is 5.02 Å². The summed E-state index contributed by atoms with van der Waals surface area (Å²) in [6.45, 7) is 4.00. The topological polar surface area (TPSA) is 33.0 Å². The van der Waals surface area contributed by atoms with Crippen LogP contribution in [0.5, 0.6) is 5.75 Å². The van der Waals surface area contributed by atoms with Gasteiger partial charge in [-0.25, -0.2) is 4.39 Å². The van der Waals surface area contributed by atoms with Crippen LogP contribution in [0.15, 0.2) is 30.3 Å². The number of nitrogens with zero attached hydrogens (tertiary/aromatic N) is 1. The molecule has 0 fully saturated rings. The molecule has 0 saturated carbocycles. The van der Waals surface area contributed by atoms with Crippen molar-refractivity contribution < 1.29 is 9.13 Å². The van der Waals surface area contributed by atoms with E-state index in [1.807, 2.05) is 32.0 Å². The highest BCUT2D eigenvalue weighted by Crippen LogP contribution is 2.26. The predicted molar refractivity (Wildman–Crippen MR) is 76.4 cm³/mol. The van der Waals surface area contributed by atoms with Gasteiger partial charge in [0.15, 0.2) is 0 Å². The molecule has 0 unspecified atom stereocenters. The van der Waals surface area contributed by atoms with E-state index in [2.05, 4.69) is 0 Å².